The van der Waals surface area contributed by atoms with Crippen LogP contribution >= 0.6 is 0 Å². The number of hydrogen-bond donors (Lipinski definition) is 1. The van der Waals surface area contributed by atoms with Crippen molar-refractivity contribution < 1.29 is 23.9 Å². The highest BCUT2D eigenvalue weighted by atomic mass is 16.4. The second-order valence-corrected chi connectivity index (χ2v) is 7.05. The molecule has 7 heteroatoms. The monoisotopic (exact) mass is 348 g/mol. The molecule has 1 N–H and O–H groups in total. The lowest BCUT2D eigenvalue weighted by Crippen LogP contribution is -2.57. The summed E-state index contributed by atoms with van der Waals surface area (Å²) in [5, 5.41) is 9.74. The number of carbonyl (C=O) groups excluding carboxylic acids is 2. The van der Waals surface area contributed by atoms with Crippen LogP contribution in [0.3, 0.4) is 0 Å². The number of likely N-dealkylation sites (tertiary alicyclic amines) is 1. The fourth-order valence-electron chi connectivity index (χ4n) is 4.00. The Bertz CT molecular complexity index is 648. The average Bonchev–Trinajstić information content (AvgIpc) is 3.24. The lowest BCUT2D eigenvalue weighted by Gasteiger charge is -2.41. The van der Waals surface area contributed by atoms with Gasteiger partial charge in [-0.15, -0.1) is 0 Å². The average molecular weight is 348 g/mol. The molecule has 1 unspecified atom stereocenters. The molecule has 1 aromatic rings. The molecule has 0 aromatic carbocycles. The number of furan rings is 1. The van der Waals surface area contributed by atoms with Gasteiger partial charge in [-0.05, 0) is 25.0 Å². The Morgan fingerprint density at radius 1 is 1.36 bits per heavy atom. The van der Waals surface area contributed by atoms with Crippen LogP contribution in [0.4, 0.5) is 0 Å². The van der Waals surface area contributed by atoms with E-state index in [0.29, 0.717) is 31.7 Å². The zero-order valence-corrected chi connectivity index (χ0v) is 14.4. The maximum absolute atomic E-state index is 12.9. The Labute approximate surface area is 146 Å². The molecule has 2 heterocycles. The second kappa shape index (κ2) is 6.90. The molecule has 136 valence electrons. The van der Waals surface area contributed by atoms with Gasteiger partial charge in [0.2, 0.25) is 11.8 Å². The Balaban J connectivity index is 1.70. The predicted octanol–water partition coefficient (Wildman–Crippen LogP) is 1.87. The van der Waals surface area contributed by atoms with E-state index >= 15 is 0 Å². The topological polar surface area (TPSA) is 91.1 Å². The van der Waals surface area contributed by atoms with Crippen molar-refractivity contribution in [3.8, 4) is 0 Å². The molecule has 1 aliphatic heterocycles. The first-order valence-corrected chi connectivity index (χ1v) is 8.75. The summed E-state index contributed by atoms with van der Waals surface area (Å²) in [7, 11) is 1.57. The van der Waals surface area contributed by atoms with Crippen LogP contribution in [0.25, 0.3) is 0 Å². The molecule has 1 aromatic heterocycles. The number of hydrogen-bond acceptors (Lipinski definition) is 4. The highest BCUT2D eigenvalue weighted by molar-refractivity contribution is 5.92. The van der Waals surface area contributed by atoms with Gasteiger partial charge >= 0.3 is 5.97 Å². The third-order valence-corrected chi connectivity index (χ3v) is 5.54. The molecule has 3 rings (SSSR count). The van der Waals surface area contributed by atoms with Crippen LogP contribution in [0, 0.1) is 5.92 Å². The normalized spacial score (nSPS) is 22.8. The zero-order valence-electron chi connectivity index (χ0n) is 14.4. The van der Waals surface area contributed by atoms with Gasteiger partial charge in [0.1, 0.15) is 11.3 Å². The molecular formula is C18H24N2O5. The van der Waals surface area contributed by atoms with Gasteiger partial charge in [-0.25, -0.2) is 4.79 Å². The number of carboxylic acids is 1. The smallest absolute Gasteiger partial charge is 0.329 e. The van der Waals surface area contributed by atoms with Crippen molar-refractivity contribution in [1.29, 1.82) is 0 Å². The Morgan fingerprint density at radius 2 is 2.08 bits per heavy atom. The summed E-state index contributed by atoms with van der Waals surface area (Å²) < 4.78 is 5.26. The summed E-state index contributed by atoms with van der Waals surface area (Å²) in [6.45, 7) is 0.641. The Morgan fingerprint density at radius 3 is 2.68 bits per heavy atom. The van der Waals surface area contributed by atoms with E-state index in [1.807, 2.05) is 0 Å². The molecule has 0 radical (unpaired) electrons. The van der Waals surface area contributed by atoms with Crippen LogP contribution in [-0.2, 0) is 20.9 Å². The van der Waals surface area contributed by atoms with Gasteiger partial charge in [0.05, 0.1) is 18.7 Å². The van der Waals surface area contributed by atoms with Crippen LogP contribution in [-0.4, -0.2) is 51.8 Å². The van der Waals surface area contributed by atoms with E-state index in [9.17, 15) is 19.5 Å². The third kappa shape index (κ3) is 3.27. The third-order valence-electron chi connectivity index (χ3n) is 5.54. The van der Waals surface area contributed by atoms with Crippen LogP contribution in [0.2, 0.25) is 0 Å². The van der Waals surface area contributed by atoms with Crippen LogP contribution in [0.5, 0.6) is 0 Å². The van der Waals surface area contributed by atoms with Crippen LogP contribution in [0.1, 0.15) is 44.3 Å². The van der Waals surface area contributed by atoms with E-state index in [4.69, 9.17) is 4.42 Å². The first kappa shape index (κ1) is 17.5. The Kier molecular flexibility index (Phi) is 4.83. The van der Waals surface area contributed by atoms with Crippen LogP contribution < -0.4 is 0 Å². The largest absolute Gasteiger partial charge is 0.479 e. The minimum absolute atomic E-state index is 0.101. The van der Waals surface area contributed by atoms with Crippen molar-refractivity contribution in [2.45, 2.75) is 50.6 Å². The number of carbonyl (C=O) groups is 3. The molecule has 1 saturated heterocycles. The molecule has 1 saturated carbocycles. The number of rotatable bonds is 5. The fraction of sp³-hybridized carbons (Fsp3) is 0.611. The van der Waals surface area contributed by atoms with E-state index in [-0.39, 0.29) is 18.2 Å². The van der Waals surface area contributed by atoms with Gasteiger partial charge in [0.25, 0.3) is 0 Å². The standard InChI is InChI=1S/C18H24N2O5/c1-19(18(17(23)24)7-3-2-4-8-18)16(22)13-10-15(21)20(11-13)12-14-6-5-9-25-14/h5-6,9,13H,2-4,7-8,10-12H2,1H3,(H,23,24). The van der Waals surface area contributed by atoms with Gasteiger partial charge in [-0.2, -0.15) is 0 Å². The van der Waals surface area contributed by atoms with Gasteiger partial charge in [-0.1, -0.05) is 19.3 Å². The fourth-order valence-corrected chi connectivity index (χ4v) is 4.00. The van der Waals surface area contributed by atoms with Gasteiger partial charge < -0.3 is 19.3 Å². The SMILES string of the molecule is CN(C(=O)C1CC(=O)N(Cc2ccco2)C1)C1(C(=O)O)CCCCC1. The van der Waals surface area contributed by atoms with Crippen molar-refractivity contribution in [3.63, 3.8) is 0 Å². The highest BCUT2D eigenvalue weighted by Gasteiger charge is 2.48. The van der Waals surface area contributed by atoms with E-state index in [1.165, 1.54) is 4.90 Å². The quantitative estimate of drug-likeness (QED) is 0.877. The summed E-state index contributed by atoms with van der Waals surface area (Å²) in [5.74, 6) is -1.12. The number of likely N-dealkylation sites (N-methyl/N-ethyl adjacent to an activating group) is 1. The summed E-state index contributed by atoms with van der Waals surface area (Å²) in [5.41, 5.74) is -1.13. The van der Waals surface area contributed by atoms with E-state index in [0.717, 1.165) is 19.3 Å². The summed E-state index contributed by atoms with van der Waals surface area (Å²) >= 11 is 0. The van der Waals surface area contributed by atoms with Crippen LogP contribution in [0.15, 0.2) is 22.8 Å². The van der Waals surface area contributed by atoms with E-state index in [2.05, 4.69) is 0 Å². The molecule has 0 bridgehead atoms. The number of aliphatic carboxylic acids is 1. The number of carboxylic acid groups (broad SMARTS) is 1. The summed E-state index contributed by atoms with van der Waals surface area (Å²) in [6.07, 6.45) is 5.22. The molecule has 2 fully saturated rings. The van der Waals surface area contributed by atoms with Gasteiger partial charge in [0.15, 0.2) is 0 Å². The maximum Gasteiger partial charge on any atom is 0.329 e. The van der Waals surface area contributed by atoms with Crippen molar-refractivity contribution in [3.05, 3.63) is 24.2 Å². The highest BCUT2D eigenvalue weighted by Crippen LogP contribution is 2.35. The molecule has 0 spiro atoms. The first-order chi connectivity index (χ1) is 11.9. The summed E-state index contributed by atoms with van der Waals surface area (Å²) in [6, 6.07) is 3.54. The molecule has 7 nitrogen and oxygen atoms in total. The first-order valence-electron chi connectivity index (χ1n) is 8.75. The van der Waals surface area contributed by atoms with Crippen molar-refractivity contribution >= 4 is 17.8 Å². The lowest BCUT2D eigenvalue weighted by atomic mass is 9.80. The zero-order chi connectivity index (χ0) is 18.0. The molecule has 2 amide bonds. The van der Waals surface area contributed by atoms with Gasteiger partial charge in [0, 0.05) is 20.0 Å². The van der Waals surface area contributed by atoms with Gasteiger partial charge in [-0.3, -0.25) is 9.59 Å². The molecule has 2 aliphatic rings. The van der Waals surface area contributed by atoms with E-state index in [1.54, 1.807) is 30.3 Å². The molecule has 1 aliphatic carbocycles. The summed E-state index contributed by atoms with van der Waals surface area (Å²) in [4.78, 5) is 40.0. The number of amides is 2. The predicted molar refractivity (Wildman–Crippen MR) is 88.5 cm³/mol. The lowest BCUT2D eigenvalue weighted by molar-refractivity contribution is -0.161. The van der Waals surface area contributed by atoms with Crippen molar-refractivity contribution in [2.24, 2.45) is 5.92 Å². The number of nitrogens with zero attached hydrogens (tertiary/aromatic N) is 2. The molecule has 1 atom stereocenters. The minimum atomic E-state index is -1.13. The maximum atomic E-state index is 12.9. The molecule has 25 heavy (non-hydrogen) atoms. The second-order valence-electron chi connectivity index (χ2n) is 7.05. The van der Waals surface area contributed by atoms with Crippen molar-refractivity contribution in [2.75, 3.05) is 13.6 Å². The van der Waals surface area contributed by atoms with E-state index < -0.39 is 17.4 Å². The Hall–Kier alpha value is -2.31. The molecular weight excluding hydrogens is 324 g/mol. The minimum Gasteiger partial charge on any atom is -0.479 e. The van der Waals surface area contributed by atoms with Crippen molar-refractivity contribution in [1.82, 2.24) is 9.80 Å².